The van der Waals surface area contributed by atoms with Crippen molar-refractivity contribution in [1.29, 1.82) is 0 Å². The second kappa shape index (κ2) is 5.09. The van der Waals surface area contributed by atoms with Crippen LogP contribution in [0.2, 0.25) is 10.0 Å². The molecule has 1 unspecified atom stereocenters. The summed E-state index contributed by atoms with van der Waals surface area (Å²) in [6, 6.07) is 3.11. The minimum atomic E-state index is -0.275. The van der Waals surface area contributed by atoms with E-state index in [0.717, 1.165) is 5.69 Å². The lowest BCUT2D eigenvalue weighted by atomic mass is 10.1. The van der Waals surface area contributed by atoms with Crippen molar-refractivity contribution in [3.63, 3.8) is 0 Å². The summed E-state index contributed by atoms with van der Waals surface area (Å²) in [7, 11) is 0. The van der Waals surface area contributed by atoms with Gasteiger partial charge in [0.15, 0.2) is 0 Å². The largest absolute Gasteiger partial charge is 0.372 e. The van der Waals surface area contributed by atoms with Crippen molar-refractivity contribution in [2.24, 2.45) is 0 Å². The smallest absolute Gasteiger partial charge is 0.250 e. The van der Waals surface area contributed by atoms with Crippen LogP contribution in [0.1, 0.15) is 13.3 Å². The van der Waals surface area contributed by atoms with Crippen molar-refractivity contribution >= 4 is 40.5 Å². The summed E-state index contributed by atoms with van der Waals surface area (Å²) in [5.41, 5.74) is 1.46. The number of fused-ring (bicyclic) bond motifs is 1. The van der Waals surface area contributed by atoms with Gasteiger partial charge in [-0.1, -0.05) is 36.0 Å². The first kappa shape index (κ1) is 13.1. The Morgan fingerprint density at radius 2 is 2.11 bits per heavy atom. The summed E-state index contributed by atoms with van der Waals surface area (Å²) < 4.78 is 0. The number of nitrogens with one attached hydrogen (secondary N) is 1. The molecule has 3 nitrogen and oxygen atoms in total. The van der Waals surface area contributed by atoms with Crippen LogP contribution >= 0.6 is 23.2 Å². The maximum absolute atomic E-state index is 12.2. The Morgan fingerprint density at radius 3 is 2.72 bits per heavy atom. The number of amides is 1. The molecule has 1 amide bonds. The predicted molar refractivity (Wildman–Crippen MR) is 75.3 cm³/mol. The van der Waals surface area contributed by atoms with E-state index in [1.807, 2.05) is 6.92 Å². The third kappa shape index (κ3) is 2.14. The minimum absolute atomic E-state index is 0.0404. The topological polar surface area (TPSA) is 32.3 Å². The fourth-order valence-corrected chi connectivity index (χ4v) is 2.28. The number of carbonyl (C=O) groups is 1. The molecule has 0 aromatic heterocycles. The molecule has 2 rings (SSSR count). The van der Waals surface area contributed by atoms with Crippen LogP contribution in [0.15, 0.2) is 12.1 Å². The highest BCUT2D eigenvalue weighted by atomic mass is 35.5. The van der Waals surface area contributed by atoms with Gasteiger partial charge in [0.05, 0.1) is 28.0 Å². The van der Waals surface area contributed by atoms with E-state index in [9.17, 15) is 4.79 Å². The molecule has 1 N–H and O–H groups in total. The summed E-state index contributed by atoms with van der Waals surface area (Å²) in [6.07, 6.45) is 5.99. The van der Waals surface area contributed by atoms with Gasteiger partial charge in [0.1, 0.15) is 6.04 Å². The van der Waals surface area contributed by atoms with Gasteiger partial charge in [0, 0.05) is 0 Å². The number of terminal acetylenes is 1. The van der Waals surface area contributed by atoms with E-state index in [1.165, 1.54) is 0 Å². The number of anilines is 2. The molecule has 0 spiro atoms. The van der Waals surface area contributed by atoms with Crippen molar-refractivity contribution in [3.8, 4) is 12.3 Å². The molecule has 0 fully saturated rings. The number of hydrogen-bond acceptors (Lipinski definition) is 2. The molecule has 1 heterocycles. The standard InChI is InChI=1S/C13H12Cl2N2O/c1-3-5-17-12-7-9(15)8(14)6-11(12)16-10(4-2)13(17)18/h1,6-7,10,16H,4-5H2,2H3. The summed E-state index contributed by atoms with van der Waals surface area (Å²) in [4.78, 5) is 13.8. The molecular formula is C13H12Cl2N2O. The summed E-state index contributed by atoms with van der Waals surface area (Å²) in [5.74, 6) is 2.45. The molecule has 1 aromatic carbocycles. The highest BCUT2D eigenvalue weighted by molar-refractivity contribution is 6.42. The lowest BCUT2D eigenvalue weighted by Crippen LogP contribution is -2.47. The van der Waals surface area contributed by atoms with Gasteiger partial charge in [-0.05, 0) is 18.6 Å². The quantitative estimate of drug-likeness (QED) is 0.845. The molecule has 0 bridgehead atoms. The first-order valence-electron chi connectivity index (χ1n) is 5.59. The van der Waals surface area contributed by atoms with Gasteiger partial charge in [-0.3, -0.25) is 9.69 Å². The molecular weight excluding hydrogens is 271 g/mol. The van der Waals surface area contributed by atoms with Gasteiger partial charge in [-0.15, -0.1) is 6.42 Å². The van der Waals surface area contributed by atoms with E-state index < -0.39 is 0 Å². The molecule has 1 aromatic rings. The van der Waals surface area contributed by atoms with Gasteiger partial charge < -0.3 is 5.32 Å². The van der Waals surface area contributed by atoms with E-state index in [4.69, 9.17) is 29.6 Å². The fourth-order valence-electron chi connectivity index (χ4n) is 1.96. The van der Waals surface area contributed by atoms with Crippen molar-refractivity contribution in [3.05, 3.63) is 22.2 Å². The predicted octanol–water partition coefficient (Wildman–Crippen LogP) is 3.16. The van der Waals surface area contributed by atoms with E-state index in [1.54, 1.807) is 17.0 Å². The van der Waals surface area contributed by atoms with E-state index in [2.05, 4.69) is 11.2 Å². The average molecular weight is 283 g/mol. The van der Waals surface area contributed by atoms with Crippen LogP contribution in [0.4, 0.5) is 11.4 Å². The van der Waals surface area contributed by atoms with Gasteiger partial charge >= 0.3 is 0 Å². The Labute approximate surface area is 116 Å². The molecule has 1 atom stereocenters. The zero-order valence-electron chi connectivity index (χ0n) is 9.84. The second-order valence-electron chi connectivity index (χ2n) is 4.02. The Hall–Kier alpha value is -1.37. The fraction of sp³-hybridized carbons (Fsp3) is 0.308. The molecule has 1 aliphatic rings. The van der Waals surface area contributed by atoms with Crippen LogP contribution in [-0.4, -0.2) is 18.5 Å². The van der Waals surface area contributed by atoms with E-state index in [0.29, 0.717) is 22.2 Å². The molecule has 0 saturated carbocycles. The van der Waals surface area contributed by atoms with Crippen molar-refractivity contribution in [2.45, 2.75) is 19.4 Å². The third-order valence-electron chi connectivity index (χ3n) is 2.88. The van der Waals surface area contributed by atoms with E-state index in [-0.39, 0.29) is 18.5 Å². The number of carbonyl (C=O) groups excluding carboxylic acids is 1. The second-order valence-corrected chi connectivity index (χ2v) is 4.83. The Bertz CT molecular complexity index is 537. The van der Waals surface area contributed by atoms with Gasteiger partial charge in [0.25, 0.3) is 0 Å². The van der Waals surface area contributed by atoms with Gasteiger partial charge in [-0.2, -0.15) is 0 Å². The Kier molecular flexibility index (Phi) is 3.70. The molecule has 0 saturated heterocycles. The molecule has 0 aliphatic carbocycles. The summed E-state index contributed by atoms with van der Waals surface area (Å²) in [6.45, 7) is 2.16. The van der Waals surface area contributed by atoms with Crippen LogP contribution in [0.3, 0.4) is 0 Å². The molecule has 18 heavy (non-hydrogen) atoms. The monoisotopic (exact) mass is 282 g/mol. The molecule has 94 valence electrons. The lowest BCUT2D eigenvalue weighted by molar-refractivity contribution is -0.119. The van der Waals surface area contributed by atoms with Crippen LogP contribution in [0, 0.1) is 12.3 Å². The molecule has 1 aliphatic heterocycles. The Balaban J connectivity index is 2.52. The highest BCUT2D eigenvalue weighted by Gasteiger charge is 2.31. The van der Waals surface area contributed by atoms with E-state index >= 15 is 0 Å². The van der Waals surface area contributed by atoms with Crippen LogP contribution in [0.25, 0.3) is 0 Å². The number of nitrogens with zero attached hydrogens (tertiary/aromatic N) is 1. The first-order valence-corrected chi connectivity index (χ1v) is 6.34. The van der Waals surface area contributed by atoms with Crippen molar-refractivity contribution in [1.82, 2.24) is 0 Å². The maximum Gasteiger partial charge on any atom is 0.250 e. The number of benzene rings is 1. The zero-order valence-corrected chi connectivity index (χ0v) is 11.3. The number of rotatable bonds is 2. The third-order valence-corrected chi connectivity index (χ3v) is 3.60. The Morgan fingerprint density at radius 1 is 1.44 bits per heavy atom. The van der Waals surface area contributed by atoms with Gasteiger partial charge in [-0.25, -0.2) is 0 Å². The minimum Gasteiger partial charge on any atom is -0.372 e. The highest BCUT2D eigenvalue weighted by Crippen LogP contribution is 2.38. The van der Waals surface area contributed by atoms with Crippen LogP contribution in [0.5, 0.6) is 0 Å². The van der Waals surface area contributed by atoms with Crippen LogP contribution in [-0.2, 0) is 4.79 Å². The maximum atomic E-state index is 12.2. The van der Waals surface area contributed by atoms with Gasteiger partial charge in [0.2, 0.25) is 5.91 Å². The summed E-state index contributed by atoms with van der Waals surface area (Å²) >= 11 is 12.0. The number of halogens is 2. The molecule has 0 radical (unpaired) electrons. The number of hydrogen-bond donors (Lipinski definition) is 1. The summed E-state index contributed by atoms with van der Waals surface area (Å²) in [5, 5.41) is 4.01. The lowest BCUT2D eigenvalue weighted by Gasteiger charge is -2.34. The van der Waals surface area contributed by atoms with Crippen molar-refractivity contribution in [2.75, 3.05) is 16.8 Å². The molecule has 5 heteroatoms. The average Bonchev–Trinajstić information content (AvgIpc) is 2.35. The SMILES string of the molecule is C#CCN1C(=O)C(CC)Nc2cc(Cl)c(Cl)cc21. The van der Waals surface area contributed by atoms with Crippen LogP contribution < -0.4 is 10.2 Å². The zero-order chi connectivity index (χ0) is 13.3. The normalized spacial score (nSPS) is 18.0. The van der Waals surface area contributed by atoms with Crippen molar-refractivity contribution < 1.29 is 4.79 Å². The first-order chi connectivity index (χ1) is 8.58.